The van der Waals surface area contributed by atoms with Crippen molar-refractivity contribution in [3.63, 3.8) is 0 Å². The minimum Gasteiger partial charge on any atom is -0.379 e. The molecule has 0 aromatic rings. The summed E-state index contributed by atoms with van der Waals surface area (Å²) in [5, 5.41) is 3.21. The fourth-order valence-electron chi connectivity index (χ4n) is 3.91. The lowest BCUT2D eigenvalue weighted by Crippen LogP contribution is -2.20. The normalized spacial score (nSPS) is 14.0. The van der Waals surface area contributed by atoms with Crippen LogP contribution in [-0.4, -0.2) is 40.0 Å². The van der Waals surface area contributed by atoms with Gasteiger partial charge >= 0.3 is 0 Å². The molecule has 2 atom stereocenters. The first kappa shape index (κ1) is 31.4. The maximum atomic E-state index is 5.93. The highest BCUT2D eigenvalue weighted by Gasteiger charge is 2.09. The molecule has 0 heterocycles. The molecule has 0 aliphatic heterocycles. The van der Waals surface area contributed by atoms with Crippen molar-refractivity contribution in [2.45, 2.75) is 123 Å². The number of hydrogen-bond donors (Lipinski definition) is 1. The molecule has 3 nitrogen and oxygen atoms in total. The summed E-state index contributed by atoms with van der Waals surface area (Å²) in [6, 6.07) is 0. The van der Waals surface area contributed by atoms with E-state index in [1.54, 1.807) is 0 Å². The third-order valence-electron chi connectivity index (χ3n) is 6.14. The molecule has 0 aliphatic carbocycles. The van der Waals surface area contributed by atoms with E-state index in [1.165, 1.54) is 89.9 Å². The smallest absolute Gasteiger partial charge is 0.0804 e. The largest absolute Gasteiger partial charge is 0.379 e. The molecule has 0 aliphatic rings. The molecule has 0 aromatic heterocycles. The Balaban J connectivity index is 3.45. The van der Waals surface area contributed by atoms with Gasteiger partial charge in [0.2, 0.25) is 0 Å². The Kier molecular flexibility index (Phi) is 26.1. The number of rotatable bonds is 25. The fourth-order valence-corrected chi connectivity index (χ4v) is 3.91. The molecule has 190 valence electrons. The molecule has 0 spiro atoms. The molecule has 0 bridgehead atoms. The molecule has 1 N–H and O–H groups in total. The van der Waals surface area contributed by atoms with Crippen LogP contribution < -0.4 is 5.32 Å². The van der Waals surface area contributed by atoms with Crippen LogP contribution in [0.5, 0.6) is 0 Å². The number of hydrogen-bond acceptors (Lipinski definition) is 3. The summed E-state index contributed by atoms with van der Waals surface area (Å²) in [6.45, 7) is 7.29. The minimum atomic E-state index is 0.261. The zero-order valence-electron chi connectivity index (χ0n) is 22.2. The van der Waals surface area contributed by atoms with Gasteiger partial charge in [-0.15, -0.1) is 0 Å². The number of unbranched alkanes of at least 4 members (excludes halogenated alkanes) is 10. The number of nitrogens with one attached hydrogen (secondary N) is 1. The summed E-state index contributed by atoms with van der Waals surface area (Å²) >= 11 is 0. The number of methoxy groups -OCH3 is 1. The van der Waals surface area contributed by atoms with E-state index in [2.05, 4.69) is 43.5 Å². The standard InChI is InChI=1S/C29H57NO2/c1-5-6-7-8-9-10-11-12-13-14-15-16-17-18-19-20-24-29(31-4)27-32-26-28(2)23-21-22-25-30-3/h9-10,12-13,28-30H,5-8,11,14-27H2,1-4H3/b10-9-,13-12-. The lowest BCUT2D eigenvalue weighted by atomic mass is 10.0. The van der Waals surface area contributed by atoms with E-state index >= 15 is 0 Å². The van der Waals surface area contributed by atoms with Gasteiger partial charge in [-0.25, -0.2) is 0 Å². The molecular formula is C29H57NO2. The molecule has 0 radical (unpaired) electrons. The van der Waals surface area contributed by atoms with Gasteiger partial charge in [-0.3, -0.25) is 0 Å². The van der Waals surface area contributed by atoms with Crippen molar-refractivity contribution in [2.24, 2.45) is 5.92 Å². The van der Waals surface area contributed by atoms with Crippen molar-refractivity contribution in [1.29, 1.82) is 0 Å². The second-order valence-electron chi connectivity index (χ2n) is 9.47. The average molecular weight is 452 g/mol. The highest BCUT2D eigenvalue weighted by Crippen LogP contribution is 2.13. The number of ether oxygens (including phenoxy) is 2. The van der Waals surface area contributed by atoms with E-state index in [9.17, 15) is 0 Å². The molecule has 32 heavy (non-hydrogen) atoms. The molecular weight excluding hydrogens is 394 g/mol. The molecule has 0 saturated carbocycles. The molecule has 0 amide bonds. The highest BCUT2D eigenvalue weighted by molar-refractivity contribution is 4.92. The van der Waals surface area contributed by atoms with Crippen LogP contribution in [-0.2, 0) is 9.47 Å². The second-order valence-corrected chi connectivity index (χ2v) is 9.47. The van der Waals surface area contributed by atoms with Crippen LogP contribution in [0.1, 0.15) is 117 Å². The molecule has 0 saturated heterocycles. The quantitative estimate of drug-likeness (QED) is 0.112. The van der Waals surface area contributed by atoms with E-state index in [1.807, 2.05) is 14.2 Å². The summed E-state index contributed by atoms with van der Waals surface area (Å²) in [4.78, 5) is 0. The Morgan fingerprint density at radius 1 is 0.719 bits per heavy atom. The van der Waals surface area contributed by atoms with E-state index in [0.717, 1.165) is 32.6 Å². The maximum Gasteiger partial charge on any atom is 0.0804 e. The van der Waals surface area contributed by atoms with Gasteiger partial charge in [-0.1, -0.05) is 89.5 Å². The van der Waals surface area contributed by atoms with Gasteiger partial charge in [0.1, 0.15) is 0 Å². The van der Waals surface area contributed by atoms with Crippen molar-refractivity contribution in [3.8, 4) is 0 Å². The Morgan fingerprint density at radius 2 is 1.34 bits per heavy atom. The van der Waals surface area contributed by atoms with Gasteiger partial charge in [0.15, 0.2) is 0 Å². The van der Waals surface area contributed by atoms with Crippen molar-refractivity contribution >= 4 is 0 Å². The van der Waals surface area contributed by atoms with Crippen LogP contribution in [0.25, 0.3) is 0 Å². The van der Waals surface area contributed by atoms with Crippen LogP contribution in [0.15, 0.2) is 24.3 Å². The zero-order chi connectivity index (χ0) is 23.5. The topological polar surface area (TPSA) is 30.5 Å². The Labute approximate surface area is 201 Å². The number of allylic oxidation sites excluding steroid dienone is 4. The average Bonchev–Trinajstić information content (AvgIpc) is 2.80. The Bertz CT molecular complexity index is 408. The van der Waals surface area contributed by atoms with Gasteiger partial charge in [-0.05, 0) is 70.9 Å². The predicted octanol–water partition coefficient (Wildman–Crippen LogP) is 8.25. The first-order chi connectivity index (χ1) is 15.7. The Hall–Kier alpha value is -0.640. The van der Waals surface area contributed by atoms with E-state index < -0.39 is 0 Å². The van der Waals surface area contributed by atoms with Crippen LogP contribution >= 0.6 is 0 Å². The monoisotopic (exact) mass is 451 g/mol. The van der Waals surface area contributed by atoms with Gasteiger partial charge in [0.25, 0.3) is 0 Å². The summed E-state index contributed by atoms with van der Waals surface area (Å²) < 4.78 is 11.6. The highest BCUT2D eigenvalue weighted by atomic mass is 16.5. The summed E-state index contributed by atoms with van der Waals surface area (Å²) in [5.41, 5.74) is 0. The van der Waals surface area contributed by atoms with Crippen LogP contribution in [0.3, 0.4) is 0 Å². The van der Waals surface area contributed by atoms with Gasteiger partial charge < -0.3 is 14.8 Å². The van der Waals surface area contributed by atoms with Crippen LogP contribution in [0, 0.1) is 5.92 Å². The van der Waals surface area contributed by atoms with Crippen LogP contribution in [0.4, 0.5) is 0 Å². The zero-order valence-corrected chi connectivity index (χ0v) is 22.2. The van der Waals surface area contributed by atoms with E-state index in [4.69, 9.17) is 9.47 Å². The molecule has 3 heteroatoms. The lowest BCUT2D eigenvalue weighted by molar-refractivity contribution is -0.00669. The summed E-state index contributed by atoms with van der Waals surface area (Å²) in [5.74, 6) is 0.645. The first-order valence-electron chi connectivity index (χ1n) is 13.8. The van der Waals surface area contributed by atoms with Crippen LogP contribution in [0.2, 0.25) is 0 Å². The second kappa shape index (κ2) is 26.6. The first-order valence-corrected chi connectivity index (χ1v) is 13.8. The van der Waals surface area contributed by atoms with Crippen molar-refractivity contribution in [2.75, 3.05) is 33.9 Å². The maximum absolute atomic E-state index is 5.93. The Morgan fingerprint density at radius 3 is 2.00 bits per heavy atom. The molecule has 0 aromatic carbocycles. The summed E-state index contributed by atoms with van der Waals surface area (Å²) in [7, 11) is 3.84. The van der Waals surface area contributed by atoms with Gasteiger partial charge in [0.05, 0.1) is 12.7 Å². The van der Waals surface area contributed by atoms with E-state index in [-0.39, 0.29) is 6.10 Å². The van der Waals surface area contributed by atoms with E-state index in [0.29, 0.717) is 5.92 Å². The molecule has 0 fully saturated rings. The predicted molar refractivity (Wildman–Crippen MR) is 143 cm³/mol. The van der Waals surface area contributed by atoms with Gasteiger partial charge in [0, 0.05) is 13.7 Å². The van der Waals surface area contributed by atoms with Crippen molar-refractivity contribution in [1.82, 2.24) is 5.32 Å². The lowest BCUT2D eigenvalue weighted by Gasteiger charge is -2.17. The summed E-state index contributed by atoms with van der Waals surface area (Å²) in [6.07, 6.45) is 30.1. The van der Waals surface area contributed by atoms with Crippen molar-refractivity contribution < 1.29 is 9.47 Å². The molecule has 2 unspecified atom stereocenters. The fraction of sp³-hybridized carbons (Fsp3) is 0.862. The SMILES string of the molecule is CCCCC/C=C\C/C=C\CCCCCCCCC(COCC(C)CCCCNC)OC. The minimum absolute atomic E-state index is 0.261. The van der Waals surface area contributed by atoms with Crippen molar-refractivity contribution in [3.05, 3.63) is 24.3 Å². The molecule has 0 rings (SSSR count). The third kappa shape index (κ3) is 24.0. The van der Waals surface area contributed by atoms with Gasteiger partial charge in [-0.2, -0.15) is 0 Å². The third-order valence-corrected chi connectivity index (χ3v) is 6.14.